The number of nitrogens with one attached hydrogen (secondary N) is 1. The fraction of sp³-hybridized carbons (Fsp3) is 0.370. The van der Waals surface area contributed by atoms with Crippen molar-refractivity contribution in [1.29, 1.82) is 0 Å². The molecule has 35 heavy (non-hydrogen) atoms. The lowest BCUT2D eigenvalue weighted by molar-refractivity contribution is -0.114. The molecule has 1 amide bonds. The first-order valence-corrected chi connectivity index (χ1v) is 12.7. The van der Waals surface area contributed by atoms with Gasteiger partial charge in [0.1, 0.15) is 17.6 Å². The molecule has 7 nitrogen and oxygen atoms in total. The Labute approximate surface area is 210 Å². The van der Waals surface area contributed by atoms with Crippen molar-refractivity contribution in [2.45, 2.75) is 46.1 Å². The van der Waals surface area contributed by atoms with Crippen LogP contribution in [0.4, 0.5) is 10.8 Å². The van der Waals surface area contributed by atoms with E-state index in [1.165, 1.54) is 23.9 Å². The molecule has 0 spiro atoms. The lowest BCUT2D eigenvalue weighted by Gasteiger charge is -2.40. The molecular weight excluding hydrogens is 462 g/mol. The van der Waals surface area contributed by atoms with E-state index in [4.69, 9.17) is 9.47 Å². The second kappa shape index (κ2) is 10.9. The SMILES string of the molecule is CCOc1ccc(N2CC(Oc3ccc([C@H](C)CC(=O)c4sc(NC(C)=O)nc4C)cc3)C2)cc1. The Morgan fingerprint density at radius 2 is 1.77 bits per heavy atom. The molecule has 1 N–H and O–H groups in total. The molecule has 0 unspecified atom stereocenters. The molecule has 8 heteroatoms. The number of hydrogen-bond acceptors (Lipinski definition) is 7. The van der Waals surface area contributed by atoms with Crippen molar-refractivity contribution in [3.05, 3.63) is 64.7 Å². The summed E-state index contributed by atoms with van der Waals surface area (Å²) in [5.41, 5.74) is 2.90. The Bertz CT molecular complexity index is 1170. The largest absolute Gasteiger partial charge is 0.494 e. The fourth-order valence-corrected chi connectivity index (χ4v) is 5.02. The molecule has 1 aliphatic rings. The number of nitrogens with zero attached hydrogens (tertiary/aromatic N) is 2. The van der Waals surface area contributed by atoms with Crippen molar-refractivity contribution in [1.82, 2.24) is 4.98 Å². The van der Waals surface area contributed by atoms with Gasteiger partial charge >= 0.3 is 0 Å². The van der Waals surface area contributed by atoms with E-state index in [2.05, 4.69) is 27.3 Å². The number of carbonyl (C=O) groups excluding carboxylic acids is 2. The normalized spacial score (nSPS) is 14.2. The quantitative estimate of drug-likeness (QED) is 0.378. The highest BCUT2D eigenvalue weighted by atomic mass is 32.1. The van der Waals surface area contributed by atoms with Gasteiger partial charge in [0, 0.05) is 19.0 Å². The van der Waals surface area contributed by atoms with Crippen molar-refractivity contribution in [3.8, 4) is 11.5 Å². The van der Waals surface area contributed by atoms with E-state index in [1.54, 1.807) is 6.92 Å². The summed E-state index contributed by atoms with van der Waals surface area (Å²) in [7, 11) is 0. The molecule has 3 aromatic rings. The molecule has 2 aromatic carbocycles. The minimum atomic E-state index is -0.195. The summed E-state index contributed by atoms with van der Waals surface area (Å²) in [5, 5.41) is 3.11. The van der Waals surface area contributed by atoms with Gasteiger partial charge in [0.15, 0.2) is 10.9 Å². The molecule has 184 valence electrons. The van der Waals surface area contributed by atoms with E-state index >= 15 is 0 Å². The number of aromatic nitrogens is 1. The van der Waals surface area contributed by atoms with Crippen molar-refractivity contribution < 1.29 is 19.1 Å². The molecule has 4 rings (SSSR count). The van der Waals surface area contributed by atoms with Gasteiger partial charge in [-0.3, -0.25) is 9.59 Å². The maximum absolute atomic E-state index is 12.8. The van der Waals surface area contributed by atoms with Crippen molar-refractivity contribution in [2.24, 2.45) is 0 Å². The van der Waals surface area contributed by atoms with Crippen LogP contribution in [0.3, 0.4) is 0 Å². The molecule has 1 fully saturated rings. The number of hydrogen-bond donors (Lipinski definition) is 1. The molecule has 0 radical (unpaired) electrons. The van der Waals surface area contributed by atoms with Crippen LogP contribution in [0.2, 0.25) is 0 Å². The molecule has 1 aromatic heterocycles. The Kier molecular flexibility index (Phi) is 7.70. The minimum absolute atomic E-state index is 0.0354. The summed E-state index contributed by atoms with van der Waals surface area (Å²) in [4.78, 5) is 31.2. The highest BCUT2D eigenvalue weighted by molar-refractivity contribution is 7.17. The van der Waals surface area contributed by atoms with Gasteiger partial charge in [0.2, 0.25) is 5.91 Å². The topological polar surface area (TPSA) is 80.8 Å². The molecule has 1 saturated heterocycles. The van der Waals surface area contributed by atoms with Gasteiger partial charge in [-0.2, -0.15) is 0 Å². The molecule has 0 bridgehead atoms. The number of carbonyl (C=O) groups is 2. The van der Waals surface area contributed by atoms with E-state index < -0.39 is 0 Å². The summed E-state index contributed by atoms with van der Waals surface area (Å²) in [6.45, 7) is 9.59. The first-order valence-electron chi connectivity index (χ1n) is 11.8. The number of amides is 1. The van der Waals surface area contributed by atoms with Crippen LogP contribution in [0.1, 0.15) is 54.0 Å². The van der Waals surface area contributed by atoms with Gasteiger partial charge in [-0.05, 0) is 61.7 Å². The number of rotatable bonds is 10. The number of anilines is 2. The number of Topliss-reactive ketones (excluding diaryl/α,β-unsaturated/α-hetero) is 1. The molecule has 1 atom stereocenters. The van der Waals surface area contributed by atoms with Crippen molar-refractivity contribution in [2.75, 3.05) is 29.9 Å². The zero-order chi connectivity index (χ0) is 24.9. The Balaban J connectivity index is 1.27. The maximum atomic E-state index is 12.8. The van der Waals surface area contributed by atoms with Crippen LogP contribution >= 0.6 is 11.3 Å². The highest BCUT2D eigenvalue weighted by Gasteiger charge is 2.28. The molecular formula is C27H31N3O4S. The number of thiazole rings is 1. The maximum Gasteiger partial charge on any atom is 0.223 e. The Hall–Kier alpha value is -3.39. The van der Waals surface area contributed by atoms with Gasteiger partial charge < -0.3 is 19.7 Å². The van der Waals surface area contributed by atoms with Crippen LogP contribution in [0.15, 0.2) is 48.5 Å². The predicted molar refractivity (Wildman–Crippen MR) is 139 cm³/mol. The van der Waals surface area contributed by atoms with Crippen LogP contribution in [0.25, 0.3) is 0 Å². The van der Waals surface area contributed by atoms with E-state index in [-0.39, 0.29) is 23.7 Å². The molecule has 0 saturated carbocycles. The molecule has 1 aliphatic heterocycles. The van der Waals surface area contributed by atoms with E-state index in [9.17, 15) is 9.59 Å². The number of benzene rings is 2. The standard InChI is InChI=1S/C27H31N3O4S/c1-5-33-22-12-8-21(9-13-22)30-15-24(16-30)34-23-10-6-20(7-11-23)17(2)14-25(32)26-18(3)28-27(35-26)29-19(4)31/h6-13,17,24H,5,14-16H2,1-4H3,(H,28,29,31)/t17-/m1/s1. The van der Waals surface area contributed by atoms with Gasteiger partial charge in [0.25, 0.3) is 0 Å². The van der Waals surface area contributed by atoms with E-state index in [0.717, 1.165) is 30.2 Å². The van der Waals surface area contributed by atoms with Crippen LogP contribution in [-0.4, -0.2) is 42.5 Å². The van der Waals surface area contributed by atoms with E-state index in [0.29, 0.717) is 28.7 Å². The van der Waals surface area contributed by atoms with Gasteiger partial charge in [-0.1, -0.05) is 30.4 Å². The minimum Gasteiger partial charge on any atom is -0.494 e. The predicted octanol–water partition coefficient (Wildman–Crippen LogP) is 5.45. The average molecular weight is 494 g/mol. The Morgan fingerprint density at radius 3 is 2.40 bits per heavy atom. The average Bonchev–Trinajstić information content (AvgIpc) is 3.16. The van der Waals surface area contributed by atoms with Crippen LogP contribution in [0.5, 0.6) is 11.5 Å². The first-order chi connectivity index (χ1) is 16.8. The number of ether oxygens (including phenoxy) is 2. The third kappa shape index (κ3) is 6.19. The van der Waals surface area contributed by atoms with Crippen molar-refractivity contribution in [3.63, 3.8) is 0 Å². The molecule has 0 aliphatic carbocycles. The second-order valence-electron chi connectivity index (χ2n) is 8.78. The molecule has 2 heterocycles. The lowest BCUT2D eigenvalue weighted by atomic mass is 9.95. The smallest absolute Gasteiger partial charge is 0.223 e. The summed E-state index contributed by atoms with van der Waals surface area (Å²) in [6, 6.07) is 16.1. The summed E-state index contributed by atoms with van der Waals surface area (Å²) >= 11 is 1.23. The van der Waals surface area contributed by atoms with Crippen LogP contribution < -0.4 is 19.7 Å². The zero-order valence-corrected chi connectivity index (χ0v) is 21.4. The number of aryl methyl sites for hydroxylation is 1. The summed E-state index contributed by atoms with van der Waals surface area (Å²) in [5.74, 6) is 1.62. The Morgan fingerprint density at radius 1 is 1.11 bits per heavy atom. The highest BCUT2D eigenvalue weighted by Crippen LogP contribution is 2.30. The fourth-order valence-electron chi connectivity index (χ4n) is 4.06. The third-order valence-corrected chi connectivity index (χ3v) is 7.05. The van der Waals surface area contributed by atoms with Crippen molar-refractivity contribution >= 4 is 33.8 Å². The number of ketones is 1. The van der Waals surface area contributed by atoms with Gasteiger partial charge in [0.05, 0.1) is 30.3 Å². The first kappa shape index (κ1) is 24.7. The van der Waals surface area contributed by atoms with E-state index in [1.807, 2.05) is 50.2 Å². The van der Waals surface area contributed by atoms with Crippen LogP contribution in [-0.2, 0) is 4.79 Å². The van der Waals surface area contributed by atoms with Gasteiger partial charge in [-0.25, -0.2) is 4.98 Å². The third-order valence-electron chi connectivity index (χ3n) is 5.94. The lowest BCUT2D eigenvalue weighted by Crippen LogP contribution is -2.54. The zero-order valence-electron chi connectivity index (χ0n) is 20.5. The van der Waals surface area contributed by atoms with Crippen LogP contribution in [0, 0.1) is 6.92 Å². The monoisotopic (exact) mass is 493 g/mol. The summed E-state index contributed by atoms with van der Waals surface area (Å²) < 4.78 is 11.6. The second-order valence-corrected chi connectivity index (χ2v) is 9.78. The summed E-state index contributed by atoms with van der Waals surface area (Å²) in [6.07, 6.45) is 0.529. The van der Waals surface area contributed by atoms with Gasteiger partial charge in [-0.15, -0.1) is 0 Å².